The van der Waals surface area contributed by atoms with Crippen LogP contribution in [0.2, 0.25) is 0 Å². The van der Waals surface area contributed by atoms with E-state index in [1.807, 2.05) is 11.8 Å². The number of likely N-dealkylation sites (N-methyl/N-ethyl adjacent to an activating group) is 1. The molecule has 2 aromatic carbocycles. The second-order valence-corrected chi connectivity index (χ2v) is 6.94. The molecule has 1 unspecified atom stereocenters. The molecular formula is C18H17NS. The molecule has 1 atom stereocenters. The molecule has 1 nitrogen and oxygen atoms in total. The average molecular weight is 279 g/mol. The van der Waals surface area contributed by atoms with E-state index in [1.54, 1.807) is 0 Å². The zero-order chi connectivity index (χ0) is 13.7. The number of anilines is 1. The molecule has 100 valence electrons. The summed E-state index contributed by atoms with van der Waals surface area (Å²) in [7, 11) is 2.23. The molecule has 4 rings (SSSR count). The van der Waals surface area contributed by atoms with Crippen LogP contribution in [0.25, 0.3) is 6.08 Å². The van der Waals surface area contributed by atoms with Gasteiger partial charge in [0.1, 0.15) is 4.87 Å². The first-order valence-electron chi connectivity index (χ1n) is 6.99. The van der Waals surface area contributed by atoms with Gasteiger partial charge < -0.3 is 4.90 Å². The normalized spacial score (nSPS) is 23.5. The van der Waals surface area contributed by atoms with Gasteiger partial charge in [-0.3, -0.25) is 0 Å². The highest BCUT2D eigenvalue weighted by Gasteiger charge is 2.45. The predicted molar refractivity (Wildman–Crippen MR) is 87.2 cm³/mol. The first-order chi connectivity index (χ1) is 9.71. The number of para-hydroxylation sites is 1. The number of hydrogen-bond acceptors (Lipinski definition) is 2. The van der Waals surface area contributed by atoms with Crippen LogP contribution < -0.4 is 4.90 Å². The van der Waals surface area contributed by atoms with Gasteiger partial charge in [-0.05, 0) is 35.8 Å². The molecule has 0 radical (unpaired) electrons. The summed E-state index contributed by atoms with van der Waals surface area (Å²) in [5.74, 6) is 0. The molecular weight excluding hydrogens is 262 g/mol. The van der Waals surface area contributed by atoms with Gasteiger partial charge in [0.25, 0.3) is 0 Å². The lowest BCUT2D eigenvalue weighted by Crippen LogP contribution is -2.45. The van der Waals surface area contributed by atoms with E-state index in [4.69, 9.17) is 0 Å². The van der Waals surface area contributed by atoms with E-state index in [-0.39, 0.29) is 4.87 Å². The van der Waals surface area contributed by atoms with Crippen molar-refractivity contribution >= 4 is 23.5 Å². The van der Waals surface area contributed by atoms with Gasteiger partial charge in [-0.25, -0.2) is 0 Å². The lowest BCUT2D eigenvalue weighted by Gasteiger charge is -2.40. The molecule has 0 bridgehead atoms. The molecule has 2 aromatic rings. The third kappa shape index (κ3) is 1.52. The molecule has 2 heteroatoms. The summed E-state index contributed by atoms with van der Waals surface area (Å²) >= 11 is 2.00. The largest absolute Gasteiger partial charge is 0.355 e. The Morgan fingerprint density at radius 2 is 1.80 bits per heavy atom. The summed E-state index contributed by atoms with van der Waals surface area (Å²) in [5, 5.41) is 0. The SMILES string of the molecule is CC1=Cc2ccccc2CC12Sc1ccccc1N2C. The Labute approximate surface area is 124 Å². The fourth-order valence-electron chi connectivity index (χ4n) is 3.34. The number of benzene rings is 2. The molecule has 0 fully saturated rings. The Morgan fingerprint density at radius 3 is 2.65 bits per heavy atom. The molecule has 0 saturated carbocycles. The number of hydrogen-bond donors (Lipinski definition) is 0. The van der Waals surface area contributed by atoms with Crippen LogP contribution in [0.4, 0.5) is 5.69 Å². The first-order valence-corrected chi connectivity index (χ1v) is 7.81. The van der Waals surface area contributed by atoms with Crippen LogP contribution in [0, 0.1) is 0 Å². The topological polar surface area (TPSA) is 3.24 Å². The fourth-order valence-corrected chi connectivity index (χ4v) is 4.85. The average Bonchev–Trinajstić information content (AvgIpc) is 2.75. The zero-order valence-corrected chi connectivity index (χ0v) is 12.6. The molecule has 0 amide bonds. The molecule has 1 spiro atoms. The van der Waals surface area contributed by atoms with Gasteiger partial charge in [0, 0.05) is 18.4 Å². The van der Waals surface area contributed by atoms with Gasteiger partial charge in [-0.15, -0.1) is 0 Å². The van der Waals surface area contributed by atoms with E-state index in [0.29, 0.717) is 0 Å². The van der Waals surface area contributed by atoms with Crippen molar-refractivity contribution in [3.63, 3.8) is 0 Å². The highest BCUT2D eigenvalue weighted by molar-refractivity contribution is 8.01. The second kappa shape index (κ2) is 4.16. The number of fused-ring (bicyclic) bond motifs is 2. The minimum Gasteiger partial charge on any atom is -0.355 e. The van der Waals surface area contributed by atoms with E-state index < -0.39 is 0 Å². The molecule has 0 saturated heterocycles. The molecule has 0 aromatic heterocycles. The van der Waals surface area contributed by atoms with Crippen LogP contribution in [0.5, 0.6) is 0 Å². The van der Waals surface area contributed by atoms with Crippen LogP contribution in [0.15, 0.2) is 59.0 Å². The van der Waals surface area contributed by atoms with Crippen molar-refractivity contribution in [3.05, 3.63) is 65.2 Å². The molecule has 20 heavy (non-hydrogen) atoms. The Bertz CT molecular complexity index is 719. The van der Waals surface area contributed by atoms with Crippen molar-refractivity contribution in [2.75, 3.05) is 11.9 Å². The van der Waals surface area contributed by atoms with E-state index in [0.717, 1.165) is 6.42 Å². The summed E-state index contributed by atoms with van der Waals surface area (Å²) in [6.07, 6.45) is 3.43. The van der Waals surface area contributed by atoms with Gasteiger partial charge in [0.2, 0.25) is 0 Å². The van der Waals surface area contributed by atoms with E-state index in [9.17, 15) is 0 Å². The van der Waals surface area contributed by atoms with E-state index in [1.165, 1.54) is 27.3 Å². The summed E-state index contributed by atoms with van der Waals surface area (Å²) in [6, 6.07) is 17.5. The van der Waals surface area contributed by atoms with Crippen LogP contribution in [-0.2, 0) is 6.42 Å². The van der Waals surface area contributed by atoms with Gasteiger partial charge >= 0.3 is 0 Å². The Kier molecular flexibility index (Phi) is 2.52. The van der Waals surface area contributed by atoms with Crippen LogP contribution in [0.3, 0.4) is 0 Å². The Morgan fingerprint density at radius 1 is 1.05 bits per heavy atom. The maximum Gasteiger partial charge on any atom is 0.116 e. The van der Waals surface area contributed by atoms with Crippen LogP contribution >= 0.6 is 11.8 Å². The molecule has 1 heterocycles. The maximum absolute atomic E-state index is 2.45. The fraction of sp³-hybridized carbons (Fsp3) is 0.222. The van der Waals surface area contributed by atoms with Crippen molar-refractivity contribution in [2.45, 2.75) is 23.1 Å². The number of thioether (sulfide) groups is 1. The van der Waals surface area contributed by atoms with Gasteiger partial charge in [0.05, 0.1) is 5.69 Å². The monoisotopic (exact) mass is 279 g/mol. The summed E-state index contributed by atoms with van der Waals surface area (Å²) in [6.45, 7) is 2.27. The van der Waals surface area contributed by atoms with Gasteiger partial charge in [0.15, 0.2) is 0 Å². The lowest BCUT2D eigenvalue weighted by molar-refractivity contribution is 0.656. The number of nitrogens with zero attached hydrogens (tertiary/aromatic N) is 1. The summed E-state index contributed by atoms with van der Waals surface area (Å²) in [5.41, 5.74) is 5.62. The van der Waals surface area contributed by atoms with Crippen molar-refractivity contribution in [1.29, 1.82) is 0 Å². The lowest BCUT2D eigenvalue weighted by atomic mass is 9.87. The molecule has 0 N–H and O–H groups in total. The highest BCUT2D eigenvalue weighted by atomic mass is 32.2. The van der Waals surface area contributed by atoms with Crippen molar-refractivity contribution in [2.24, 2.45) is 0 Å². The highest BCUT2D eigenvalue weighted by Crippen LogP contribution is 2.55. The minimum atomic E-state index is 0.0536. The first kappa shape index (κ1) is 12.1. The van der Waals surface area contributed by atoms with E-state index >= 15 is 0 Å². The predicted octanol–water partition coefficient (Wildman–Crippen LogP) is 4.58. The zero-order valence-electron chi connectivity index (χ0n) is 11.8. The molecule has 2 aliphatic rings. The quantitative estimate of drug-likeness (QED) is 0.694. The standard InChI is InChI=1S/C18H17NS/c1-13-11-14-7-3-4-8-15(14)12-18(13)19(2)16-9-5-6-10-17(16)20-18/h3-11H,12H2,1-2H3. The van der Waals surface area contributed by atoms with Crippen molar-refractivity contribution in [3.8, 4) is 0 Å². The van der Waals surface area contributed by atoms with E-state index in [2.05, 4.69) is 73.5 Å². The third-order valence-corrected chi connectivity index (χ3v) is 6.16. The summed E-state index contributed by atoms with van der Waals surface area (Å²) in [4.78, 5) is 3.90. The second-order valence-electron chi connectivity index (χ2n) is 5.62. The molecule has 1 aliphatic carbocycles. The van der Waals surface area contributed by atoms with Crippen LogP contribution in [-0.4, -0.2) is 11.9 Å². The Balaban J connectivity index is 1.86. The minimum absolute atomic E-state index is 0.0536. The van der Waals surface area contributed by atoms with Crippen molar-refractivity contribution in [1.82, 2.24) is 0 Å². The van der Waals surface area contributed by atoms with Gasteiger partial charge in [-0.1, -0.05) is 54.2 Å². The van der Waals surface area contributed by atoms with Crippen molar-refractivity contribution < 1.29 is 0 Å². The van der Waals surface area contributed by atoms with Gasteiger partial charge in [-0.2, -0.15) is 0 Å². The number of rotatable bonds is 0. The molecule has 1 aliphatic heterocycles. The smallest absolute Gasteiger partial charge is 0.116 e. The third-order valence-electron chi connectivity index (χ3n) is 4.52. The Hall–Kier alpha value is -1.67. The maximum atomic E-state index is 2.45. The van der Waals surface area contributed by atoms with Crippen LogP contribution in [0.1, 0.15) is 18.1 Å². The summed E-state index contributed by atoms with van der Waals surface area (Å²) < 4.78 is 0.